The van der Waals surface area contributed by atoms with Gasteiger partial charge in [-0.3, -0.25) is 9.97 Å². The zero-order chi connectivity index (χ0) is 15.2. The van der Waals surface area contributed by atoms with Gasteiger partial charge in [-0.15, -0.1) is 11.3 Å². The SMILES string of the molecule is O=C(NCc1nccnc1-c1cccs1)NC[C@@H]1CCCO1. The third-order valence-corrected chi connectivity index (χ3v) is 4.34. The number of aromatic nitrogens is 2. The first-order valence-corrected chi connectivity index (χ1v) is 8.18. The van der Waals surface area contributed by atoms with Gasteiger partial charge in [0, 0.05) is 25.5 Å². The van der Waals surface area contributed by atoms with Crippen molar-refractivity contribution < 1.29 is 9.53 Å². The van der Waals surface area contributed by atoms with E-state index >= 15 is 0 Å². The monoisotopic (exact) mass is 318 g/mol. The van der Waals surface area contributed by atoms with Crippen molar-refractivity contribution in [1.82, 2.24) is 20.6 Å². The van der Waals surface area contributed by atoms with Gasteiger partial charge in [-0.25, -0.2) is 4.79 Å². The Balaban J connectivity index is 1.54. The molecule has 1 fully saturated rings. The third kappa shape index (κ3) is 3.80. The van der Waals surface area contributed by atoms with Crippen molar-refractivity contribution in [2.45, 2.75) is 25.5 Å². The molecule has 22 heavy (non-hydrogen) atoms. The number of ether oxygens (including phenoxy) is 1. The Bertz CT molecular complexity index is 612. The highest BCUT2D eigenvalue weighted by atomic mass is 32.1. The number of urea groups is 1. The number of carbonyl (C=O) groups excluding carboxylic acids is 1. The lowest BCUT2D eigenvalue weighted by molar-refractivity contribution is 0.111. The molecule has 3 rings (SSSR count). The maximum Gasteiger partial charge on any atom is 0.315 e. The van der Waals surface area contributed by atoms with Crippen LogP contribution >= 0.6 is 11.3 Å². The van der Waals surface area contributed by atoms with Crippen molar-refractivity contribution in [2.24, 2.45) is 0 Å². The van der Waals surface area contributed by atoms with Crippen LogP contribution in [0.5, 0.6) is 0 Å². The fraction of sp³-hybridized carbons (Fsp3) is 0.400. The first-order chi connectivity index (χ1) is 10.8. The highest BCUT2D eigenvalue weighted by Gasteiger charge is 2.16. The number of rotatable bonds is 5. The van der Waals surface area contributed by atoms with E-state index in [2.05, 4.69) is 20.6 Å². The highest BCUT2D eigenvalue weighted by Crippen LogP contribution is 2.24. The Morgan fingerprint density at radius 1 is 1.36 bits per heavy atom. The quantitative estimate of drug-likeness (QED) is 0.886. The van der Waals surface area contributed by atoms with Crippen LogP contribution in [0.25, 0.3) is 10.6 Å². The Morgan fingerprint density at radius 3 is 3.05 bits per heavy atom. The maximum absolute atomic E-state index is 11.8. The van der Waals surface area contributed by atoms with Crippen LogP contribution in [0.2, 0.25) is 0 Å². The minimum atomic E-state index is -0.210. The Kier molecular flexibility index (Phi) is 4.97. The summed E-state index contributed by atoms with van der Waals surface area (Å²) in [7, 11) is 0. The topological polar surface area (TPSA) is 76.1 Å². The van der Waals surface area contributed by atoms with Gasteiger partial charge in [-0.2, -0.15) is 0 Å². The number of amides is 2. The van der Waals surface area contributed by atoms with Crippen LogP contribution in [-0.4, -0.2) is 35.3 Å². The molecular weight excluding hydrogens is 300 g/mol. The number of hydrogen-bond donors (Lipinski definition) is 2. The van der Waals surface area contributed by atoms with Gasteiger partial charge < -0.3 is 15.4 Å². The molecule has 1 saturated heterocycles. The molecule has 0 aromatic carbocycles. The molecule has 6 nitrogen and oxygen atoms in total. The molecule has 7 heteroatoms. The van der Waals surface area contributed by atoms with Crippen molar-refractivity contribution in [3.63, 3.8) is 0 Å². The van der Waals surface area contributed by atoms with Crippen LogP contribution in [0, 0.1) is 0 Å². The van der Waals surface area contributed by atoms with E-state index in [1.807, 2.05) is 17.5 Å². The largest absolute Gasteiger partial charge is 0.376 e. The van der Waals surface area contributed by atoms with E-state index < -0.39 is 0 Å². The number of nitrogens with zero attached hydrogens (tertiary/aromatic N) is 2. The van der Waals surface area contributed by atoms with Gasteiger partial charge in [-0.05, 0) is 24.3 Å². The average Bonchev–Trinajstić information content (AvgIpc) is 3.24. The van der Waals surface area contributed by atoms with E-state index in [4.69, 9.17) is 4.74 Å². The average molecular weight is 318 g/mol. The molecule has 0 unspecified atom stereocenters. The zero-order valence-electron chi connectivity index (χ0n) is 12.1. The normalized spacial score (nSPS) is 17.4. The van der Waals surface area contributed by atoms with Crippen molar-refractivity contribution >= 4 is 17.4 Å². The first kappa shape index (κ1) is 14.9. The number of hydrogen-bond acceptors (Lipinski definition) is 5. The van der Waals surface area contributed by atoms with Crippen LogP contribution < -0.4 is 10.6 Å². The summed E-state index contributed by atoms with van der Waals surface area (Å²) >= 11 is 1.60. The summed E-state index contributed by atoms with van der Waals surface area (Å²) in [5.74, 6) is 0. The molecular formula is C15H18N4O2S. The summed E-state index contributed by atoms with van der Waals surface area (Å²) in [5, 5.41) is 7.65. The molecule has 2 amide bonds. The van der Waals surface area contributed by atoms with Crippen molar-refractivity contribution in [3.8, 4) is 10.6 Å². The third-order valence-electron chi connectivity index (χ3n) is 3.46. The van der Waals surface area contributed by atoms with E-state index in [0.717, 1.165) is 35.7 Å². The molecule has 2 aromatic heterocycles. The van der Waals surface area contributed by atoms with Crippen LogP contribution in [0.1, 0.15) is 18.5 Å². The van der Waals surface area contributed by atoms with Gasteiger partial charge in [0.2, 0.25) is 0 Å². The summed E-state index contributed by atoms with van der Waals surface area (Å²) in [6, 6.07) is 3.76. The second-order valence-corrected chi connectivity index (χ2v) is 5.98. The second kappa shape index (κ2) is 7.33. The lowest BCUT2D eigenvalue weighted by atomic mass is 10.2. The van der Waals surface area contributed by atoms with E-state index in [-0.39, 0.29) is 12.1 Å². The Morgan fingerprint density at radius 2 is 2.27 bits per heavy atom. The van der Waals surface area contributed by atoms with E-state index in [9.17, 15) is 4.79 Å². The maximum atomic E-state index is 11.8. The van der Waals surface area contributed by atoms with Gasteiger partial charge in [0.15, 0.2) is 0 Å². The first-order valence-electron chi connectivity index (χ1n) is 7.30. The number of nitrogens with one attached hydrogen (secondary N) is 2. The summed E-state index contributed by atoms with van der Waals surface area (Å²) in [4.78, 5) is 21.6. The molecule has 1 aliphatic rings. The summed E-state index contributed by atoms with van der Waals surface area (Å²) in [5.41, 5.74) is 1.58. The molecule has 1 aliphatic heterocycles. The van der Waals surface area contributed by atoms with Gasteiger partial charge in [0.1, 0.15) is 5.69 Å². The standard InChI is InChI=1S/C15H18N4O2S/c20-15(18-9-11-3-1-7-21-11)19-10-12-14(17-6-5-16-12)13-4-2-8-22-13/h2,4-6,8,11H,1,3,7,9-10H2,(H2,18,19,20)/t11-/m0/s1. The van der Waals surface area contributed by atoms with Crippen LogP contribution in [0.3, 0.4) is 0 Å². The van der Waals surface area contributed by atoms with Crippen LogP contribution in [-0.2, 0) is 11.3 Å². The smallest absolute Gasteiger partial charge is 0.315 e. The highest BCUT2D eigenvalue weighted by molar-refractivity contribution is 7.13. The molecule has 0 aliphatic carbocycles. The van der Waals surface area contributed by atoms with Crippen molar-refractivity contribution in [3.05, 3.63) is 35.6 Å². The molecule has 3 heterocycles. The minimum Gasteiger partial charge on any atom is -0.376 e. The molecule has 0 radical (unpaired) electrons. The van der Waals surface area contributed by atoms with E-state index in [1.165, 1.54) is 0 Å². The van der Waals surface area contributed by atoms with Crippen molar-refractivity contribution in [1.29, 1.82) is 0 Å². The lowest BCUT2D eigenvalue weighted by Crippen LogP contribution is -2.39. The van der Waals surface area contributed by atoms with Gasteiger partial charge in [-0.1, -0.05) is 6.07 Å². The van der Waals surface area contributed by atoms with E-state index in [1.54, 1.807) is 23.7 Å². The predicted molar refractivity (Wildman–Crippen MR) is 84.6 cm³/mol. The van der Waals surface area contributed by atoms with Crippen LogP contribution in [0.15, 0.2) is 29.9 Å². The summed E-state index contributed by atoms with van der Waals surface area (Å²) in [6.07, 6.45) is 5.52. The van der Waals surface area contributed by atoms with Crippen molar-refractivity contribution in [2.75, 3.05) is 13.2 Å². The molecule has 2 aromatic rings. The zero-order valence-corrected chi connectivity index (χ0v) is 12.9. The number of carbonyl (C=O) groups is 1. The molecule has 116 valence electrons. The fourth-order valence-electron chi connectivity index (χ4n) is 2.35. The molecule has 0 saturated carbocycles. The molecule has 2 N–H and O–H groups in total. The molecule has 0 bridgehead atoms. The van der Waals surface area contributed by atoms with Crippen LogP contribution in [0.4, 0.5) is 4.79 Å². The fourth-order valence-corrected chi connectivity index (χ4v) is 3.10. The molecule has 0 spiro atoms. The second-order valence-electron chi connectivity index (χ2n) is 5.03. The predicted octanol–water partition coefficient (Wildman–Crippen LogP) is 2.18. The van der Waals surface area contributed by atoms with Gasteiger partial charge in [0.05, 0.1) is 23.2 Å². The Hall–Kier alpha value is -1.99. The summed E-state index contributed by atoms with van der Waals surface area (Å²) in [6.45, 7) is 1.68. The molecule has 1 atom stereocenters. The van der Waals surface area contributed by atoms with E-state index in [0.29, 0.717) is 13.1 Å². The summed E-state index contributed by atoms with van der Waals surface area (Å²) < 4.78 is 5.47. The number of thiophene rings is 1. The Labute approximate surface area is 132 Å². The minimum absolute atomic E-state index is 0.143. The van der Waals surface area contributed by atoms with Gasteiger partial charge >= 0.3 is 6.03 Å². The lowest BCUT2D eigenvalue weighted by Gasteiger charge is -2.12. The van der Waals surface area contributed by atoms with Gasteiger partial charge in [0.25, 0.3) is 0 Å².